The largest absolute Gasteiger partial charge is 0.480 e. The van der Waals surface area contributed by atoms with Crippen molar-refractivity contribution in [1.82, 2.24) is 9.62 Å². The van der Waals surface area contributed by atoms with E-state index >= 15 is 0 Å². The van der Waals surface area contributed by atoms with Gasteiger partial charge in [-0.05, 0) is 36.8 Å². The molecule has 0 heterocycles. The van der Waals surface area contributed by atoms with E-state index in [-0.39, 0.29) is 16.9 Å². The summed E-state index contributed by atoms with van der Waals surface area (Å²) in [5.74, 6) is -2.64. The standard InChI is InChI=1S/C20H23N3O6S/c1-13-3-9-16(10-4-13)30(28,29)23(2)12-18(24)22-17(20(26)27)11-14-5-7-15(8-6-14)19(21)25/h3-10,17H,11-12H2,1-2H3,(H2,21,25)(H,22,24)(H,26,27)/t17-/m0/s1. The molecule has 0 bridgehead atoms. The first-order chi connectivity index (χ1) is 14.0. The van der Waals surface area contributed by atoms with E-state index in [2.05, 4.69) is 5.32 Å². The minimum absolute atomic E-state index is 0.0349. The molecule has 2 rings (SSSR count). The second-order valence-corrected chi connectivity index (χ2v) is 8.84. The number of nitrogens with one attached hydrogen (secondary N) is 1. The van der Waals surface area contributed by atoms with Crippen LogP contribution in [-0.4, -0.2) is 55.2 Å². The molecule has 0 aromatic heterocycles. The molecule has 2 aromatic carbocycles. The van der Waals surface area contributed by atoms with Crippen molar-refractivity contribution in [3.8, 4) is 0 Å². The number of hydrogen-bond donors (Lipinski definition) is 3. The monoisotopic (exact) mass is 433 g/mol. The molecular formula is C20H23N3O6S. The van der Waals surface area contributed by atoms with Gasteiger partial charge < -0.3 is 16.2 Å². The molecule has 0 saturated carbocycles. The van der Waals surface area contributed by atoms with E-state index in [1.165, 1.54) is 43.4 Å². The van der Waals surface area contributed by atoms with Gasteiger partial charge in [-0.2, -0.15) is 4.31 Å². The fourth-order valence-corrected chi connectivity index (χ4v) is 3.79. The topological polar surface area (TPSA) is 147 Å². The number of sulfonamides is 1. The number of nitrogens with two attached hydrogens (primary N) is 1. The first kappa shape index (κ1) is 23.0. The molecule has 9 nitrogen and oxygen atoms in total. The second kappa shape index (κ2) is 9.51. The summed E-state index contributed by atoms with van der Waals surface area (Å²) in [4.78, 5) is 35.0. The maximum Gasteiger partial charge on any atom is 0.326 e. The average molecular weight is 433 g/mol. The van der Waals surface area contributed by atoms with E-state index in [1.54, 1.807) is 12.1 Å². The van der Waals surface area contributed by atoms with Gasteiger partial charge in [0.05, 0.1) is 11.4 Å². The number of nitrogens with zero attached hydrogens (tertiary/aromatic N) is 1. The van der Waals surface area contributed by atoms with Crippen molar-refractivity contribution in [1.29, 1.82) is 0 Å². The molecule has 2 aromatic rings. The van der Waals surface area contributed by atoms with Gasteiger partial charge in [0.2, 0.25) is 21.8 Å². The third kappa shape index (κ3) is 5.88. The van der Waals surface area contributed by atoms with Crippen molar-refractivity contribution in [2.24, 2.45) is 5.73 Å². The van der Waals surface area contributed by atoms with Crippen molar-refractivity contribution in [3.05, 3.63) is 65.2 Å². The highest BCUT2D eigenvalue weighted by atomic mass is 32.2. The molecule has 0 fully saturated rings. The van der Waals surface area contributed by atoms with Crippen LogP contribution >= 0.6 is 0 Å². The maximum atomic E-state index is 12.6. The second-order valence-electron chi connectivity index (χ2n) is 6.80. The number of carboxylic acids is 1. The Balaban J connectivity index is 2.04. The third-order valence-electron chi connectivity index (χ3n) is 4.41. The zero-order valence-corrected chi connectivity index (χ0v) is 17.3. The molecule has 0 unspecified atom stereocenters. The lowest BCUT2D eigenvalue weighted by Gasteiger charge is -2.19. The summed E-state index contributed by atoms with van der Waals surface area (Å²) in [7, 11) is -2.65. The molecule has 1 atom stereocenters. The number of aryl methyl sites for hydroxylation is 1. The summed E-state index contributed by atoms with van der Waals surface area (Å²) in [6.45, 7) is 1.28. The minimum atomic E-state index is -3.90. The molecular weight excluding hydrogens is 410 g/mol. The summed E-state index contributed by atoms with van der Waals surface area (Å²) in [6, 6.07) is 10.9. The molecule has 0 radical (unpaired) electrons. The van der Waals surface area contributed by atoms with Crippen molar-refractivity contribution in [2.45, 2.75) is 24.3 Å². The molecule has 4 N–H and O–H groups in total. The van der Waals surface area contributed by atoms with Crippen molar-refractivity contribution >= 4 is 27.8 Å². The quantitative estimate of drug-likeness (QED) is 0.525. The van der Waals surface area contributed by atoms with Gasteiger partial charge in [-0.3, -0.25) is 9.59 Å². The maximum absolute atomic E-state index is 12.6. The van der Waals surface area contributed by atoms with E-state index in [9.17, 15) is 27.9 Å². The Labute approximate surface area is 174 Å². The lowest BCUT2D eigenvalue weighted by atomic mass is 10.0. The Kier molecular flexibility index (Phi) is 7.30. The SMILES string of the molecule is Cc1ccc(S(=O)(=O)N(C)CC(=O)N[C@@H](Cc2ccc(C(N)=O)cc2)C(=O)O)cc1. The number of carbonyl (C=O) groups is 3. The molecule has 30 heavy (non-hydrogen) atoms. The van der Waals surface area contributed by atoms with Gasteiger partial charge in [0.1, 0.15) is 6.04 Å². The van der Waals surface area contributed by atoms with Crippen molar-refractivity contribution < 1.29 is 27.9 Å². The summed E-state index contributed by atoms with van der Waals surface area (Å²) in [6.07, 6.45) is -0.0471. The Morgan fingerprint density at radius 3 is 2.13 bits per heavy atom. The van der Waals surface area contributed by atoms with Gasteiger partial charge in [0.15, 0.2) is 0 Å². The number of amides is 2. The van der Waals surface area contributed by atoms with Gasteiger partial charge in [0, 0.05) is 19.0 Å². The highest BCUT2D eigenvalue weighted by Gasteiger charge is 2.26. The number of likely N-dealkylation sites (N-methyl/N-ethyl adjacent to an activating group) is 1. The molecule has 0 saturated heterocycles. The van der Waals surface area contributed by atoms with Crippen LogP contribution in [0.5, 0.6) is 0 Å². The molecule has 0 spiro atoms. The number of hydrogen-bond acceptors (Lipinski definition) is 5. The van der Waals surface area contributed by atoms with E-state index in [4.69, 9.17) is 5.73 Å². The third-order valence-corrected chi connectivity index (χ3v) is 6.22. The van der Waals surface area contributed by atoms with Crippen molar-refractivity contribution in [3.63, 3.8) is 0 Å². The summed E-state index contributed by atoms with van der Waals surface area (Å²) in [5, 5.41) is 11.7. The van der Waals surface area contributed by atoms with Crippen LogP contribution in [0.1, 0.15) is 21.5 Å². The van der Waals surface area contributed by atoms with Gasteiger partial charge >= 0.3 is 5.97 Å². The van der Waals surface area contributed by atoms with Crippen LogP contribution in [0.4, 0.5) is 0 Å². The lowest BCUT2D eigenvalue weighted by Crippen LogP contribution is -2.46. The summed E-state index contributed by atoms with van der Waals surface area (Å²) in [5.41, 5.74) is 6.90. The van der Waals surface area contributed by atoms with Crippen LogP contribution in [0.3, 0.4) is 0 Å². The zero-order chi connectivity index (χ0) is 22.5. The van der Waals surface area contributed by atoms with E-state index < -0.39 is 40.4 Å². The molecule has 0 aliphatic rings. The first-order valence-corrected chi connectivity index (χ1v) is 10.4. The molecule has 160 valence electrons. The van der Waals surface area contributed by atoms with Crippen LogP contribution < -0.4 is 11.1 Å². The average Bonchev–Trinajstić information content (AvgIpc) is 2.68. The van der Waals surface area contributed by atoms with E-state index in [1.807, 2.05) is 6.92 Å². The highest BCUT2D eigenvalue weighted by Crippen LogP contribution is 2.15. The van der Waals surface area contributed by atoms with Gasteiger partial charge in [0.25, 0.3) is 0 Å². The Morgan fingerprint density at radius 1 is 1.07 bits per heavy atom. The molecule has 0 aliphatic heterocycles. The predicted molar refractivity (Wildman–Crippen MR) is 109 cm³/mol. The van der Waals surface area contributed by atoms with Crippen LogP contribution in [0.25, 0.3) is 0 Å². The molecule has 2 amide bonds. The van der Waals surface area contributed by atoms with Gasteiger partial charge in [-0.1, -0.05) is 29.8 Å². The van der Waals surface area contributed by atoms with Gasteiger partial charge in [-0.15, -0.1) is 0 Å². The zero-order valence-electron chi connectivity index (χ0n) is 16.5. The molecule has 10 heteroatoms. The lowest BCUT2D eigenvalue weighted by molar-refractivity contribution is -0.141. The normalized spacial score (nSPS) is 12.4. The fraction of sp³-hybridized carbons (Fsp3) is 0.250. The van der Waals surface area contributed by atoms with Crippen LogP contribution in [0.15, 0.2) is 53.4 Å². The predicted octanol–water partition coefficient (Wildman–Crippen LogP) is 0.527. The highest BCUT2D eigenvalue weighted by molar-refractivity contribution is 7.89. The number of aliphatic carboxylic acids is 1. The smallest absolute Gasteiger partial charge is 0.326 e. The number of benzene rings is 2. The fourth-order valence-electron chi connectivity index (χ4n) is 2.66. The number of carboxylic acid groups (broad SMARTS) is 1. The first-order valence-electron chi connectivity index (χ1n) is 8.94. The molecule has 0 aliphatic carbocycles. The Bertz CT molecular complexity index is 1030. The summed E-state index contributed by atoms with van der Waals surface area (Å²) >= 11 is 0. The van der Waals surface area contributed by atoms with Crippen LogP contribution in [0.2, 0.25) is 0 Å². The Morgan fingerprint density at radius 2 is 1.63 bits per heavy atom. The number of primary amides is 1. The van der Waals surface area contributed by atoms with Crippen LogP contribution in [-0.2, 0) is 26.0 Å². The van der Waals surface area contributed by atoms with Crippen LogP contribution in [0, 0.1) is 6.92 Å². The van der Waals surface area contributed by atoms with E-state index in [0.29, 0.717) is 5.56 Å². The van der Waals surface area contributed by atoms with E-state index in [0.717, 1.165) is 9.87 Å². The van der Waals surface area contributed by atoms with Gasteiger partial charge in [-0.25, -0.2) is 13.2 Å². The number of rotatable bonds is 9. The minimum Gasteiger partial charge on any atom is -0.480 e. The van der Waals surface area contributed by atoms with Crippen molar-refractivity contribution in [2.75, 3.05) is 13.6 Å². The summed E-state index contributed by atoms with van der Waals surface area (Å²) < 4.78 is 26.0. The Hall–Kier alpha value is -3.24. The number of carbonyl (C=O) groups excluding carboxylic acids is 2.